The molecule has 1 aromatic carbocycles. The second kappa shape index (κ2) is 8.85. The van der Waals surface area contributed by atoms with Gasteiger partial charge in [0.1, 0.15) is 0 Å². The fraction of sp³-hybridized carbons (Fsp3) is 0.360. The zero-order valence-electron chi connectivity index (χ0n) is 16.4. The molecule has 1 aliphatic rings. The highest BCUT2D eigenvalue weighted by Crippen LogP contribution is 2.37. The number of aryl methyl sites for hydroxylation is 1. The number of rotatable bonds is 6. The summed E-state index contributed by atoms with van der Waals surface area (Å²) in [4.78, 5) is 0. The predicted molar refractivity (Wildman–Crippen MR) is 112 cm³/mol. The molecule has 0 radical (unpaired) electrons. The standard InChI is InChI=1S/C25H32/c1-7-10-24(23(9-3)19(5)8-2)25-17-22(16-13-20(25)6)21-14-11-18(4)12-15-21/h7,9-17,19-20,25H,3,8H2,1-2,4-6H3/b10-7-,24-23-. The van der Waals surface area contributed by atoms with Gasteiger partial charge in [-0.05, 0) is 54.4 Å². The van der Waals surface area contributed by atoms with Gasteiger partial charge in [0.15, 0.2) is 0 Å². The van der Waals surface area contributed by atoms with Gasteiger partial charge in [-0.2, -0.15) is 0 Å². The smallest absolute Gasteiger partial charge is 0.00901 e. The molecule has 132 valence electrons. The van der Waals surface area contributed by atoms with Gasteiger partial charge in [0.05, 0.1) is 0 Å². The van der Waals surface area contributed by atoms with Crippen molar-refractivity contribution in [2.75, 3.05) is 0 Å². The summed E-state index contributed by atoms with van der Waals surface area (Å²) in [6.45, 7) is 15.2. The highest BCUT2D eigenvalue weighted by molar-refractivity contribution is 5.76. The Bertz CT molecular complexity index is 707. The van der Waals surface area contributed by atoms with E-state index in [-0.39, 0.29) is 0 Å². The summed E-state index contributed by atoms with van der Waals surface area (Å²) in [7, 11) is 0. The highest BCUT2D eigenvalue weighted by atomic mass is 14.3. The lowest BCUT2D eigenvalue weighted by molar-refractivity contribution is 0.568. The fourth-order valence-electron chi connectivity index (χ4n) is 3.49. The van der Waals surface area contributed by atoms with E-state index in [1.807, 2.05) is 0 Å². The lowest BCUT2D eigenvalue weighted by Gasteiger charge is -2.28. The molecule has 25 heavy (non-hydrogen) atoms. The molecule has 3 unspecified atom stereocenters. The zero-order chi connectivity index (χ0) is 18.4. The maximum absolute atomic E-state index is 4.11. The van der Waals surface area contributed by atoms with Crippen molar-refractivity contribution < 1.29 is 0 Å². The molecule has 0 saturated carbocycles. The van der Waals surface area contributed by atoms with Crippen LogP contribution in [-0.4, -0.2) is 0 Å². The average Bonchev–Trinajstić information content (AvgIpc) is 2.62. The second-order valence-electron chi connectivity index (χ2n) is 7.16. The van der Waals surface area contributed by atoms with E-state index in [1.54, 1.807) is 0 Å². The van der Waals surface area contributed by atoms with Gasteiger partial charge in [-0.1, -0.05) is 93.6 Å². The zero-order valence-corrected chi connectivity index (χ0v) is 16.4. The first-order valence-electron chi connectivity index (χ1n) is 9.48. The number of hydrogen-bond donors (Lipinski definition) is 0. The number of hydrogen-bond acceptors (Lipinski definition) is 0. The quantitative estimate of drug-likeness (QED) is 0.479. The molecule has 3 atom stereocenters. The topological polar surface area (TPSA) is 0 Å². The van der Waals surface area contributed by atoms with E-state index in [0.29, 0.717) is 17.8 Å². The van der Waals surface area contributed by atoms with Gasteiger partial charge in [0.2, 0.25) is 0 Å². The largest absolute Gasteiger partial charge is 0.0988 e. The van der Waals surface area contributed by atoms with E-state index >= 15 is 0 Å². The van der Waals surface area contributed by atoms with Crippen molar-refractivity contribution in [1.29, 1.82) is 0 Å². The van der Waals surface area contributed by atoms with Gasteiger partial charge in [-0.25, -0.2) is 0 Å². The molecule has 0 N–H and O–H groups in total. The summed E-state index contributed by atoms with van der Waals surface area (Å²) in [5, 5.41) is 0. The maximum Gasteiger partial charge on any atom is 0.00901 e. The van der Waals surface area contributed by atoms with Gasteiger partial charge in [0, 0.05) is 5.92 Å². The first kappa shape index (κ1) is 19.2. The van der Waals surface area contributed by atoms with Crippen LogP contribution in [0.1, 0.15) is 45.2 Å². The van der Waals surface area contributed by atoms with Gasteiger partial charge >= 0.3 is 0 Å². The Morgan fingerprint density at radius 1 is 1.24 bits per heavy atom. The lowest BCUT2D eigenvalue weighted by Crippen LogP contribution is -2.16. The predicted octanol–water partition coefficient (Wildman–Crippen LogP) is 7.31. The van der Waals surface area contributed by atoms with E-state index in [0.717, 1.165) is 6.42 Å². The maximum atomic E-state index is 4.11. The van der Waals surface area contributed by atoms with E-state index in [4.69, 9.17) is 0 Å². The molecule has 0 amide bonds. The Labute approximate surface area is 154 Å². The van der Waals surface area contributed by atoms with Crippen LogP contribution in [0.25, 0.3) is 5.57 Å². The summed E-state index contributed by atoms with van der Waals surface area (Å²) in [5.74, 6) is 1.40. The van der Waals surface area contributed by atoms with Gasteiger partial charge in [-0.15, -0.1) is 0 Å². The van der Waals surface area contributed by atoms with Crippen molar-refractivity contribution >= 4 is 5.57 Å². The van der Waals surface area contributed by atoms with Gasteiger partial charge in [0.25, 0.3) is 0 Å². The van der Waals surface area contributed by atoms with Crippen LogP contribution < -0.4 is 0 Å². The Kier molecular flexibility index (Phi) is 6.82. The number of allylic oxidation sites excluding steroid dienone is 9. The van der Waals surface area contributed by atoms with Crippen LogP contribution in [-0.2, 0) is 0 Å². The molecular formula is C25H32. The van der Waals surface area contributed by atoms with Crippen molar-refractivity contribution in [3.63, 3.8) is 0 Å². The van der Waals surface area contributed by atoms with Crippen LogP contribution in [0.15, 0.2) is 78.4 Å². The third-order valence-electron chi connectivity index (χ3n) is 5.29. The number of benzene rings is 1. The molecule has 0 fully saturated rings. The van der Waals surface area contributed by atoms with Crippen molar-refractivity contribution in [1.82, 2.24) is 0 Å². The second-order valence-corrected chi connectivity index (χ2v) is 7.16. The molecule has 1 aromatic rings. The SMILES string of the molecule is C=C/C(=C(\C=C/C)C1C=C(c2ccc(C)cc2)C=CC1C)C(C)CC. The Morgan fingerprint density at radius 3 is 2.48 bits per heavy atom. The van der Waals surface area contributed by atoms with Crippen molar-refractivity contribution in [2.45, 2.75) is 41.0 Å². The lowest BCUT2D eigenvalue weighted by atomic mass is 9.76. The van der Waals surface area contributed by atoms with Crippen LogP contribution in [0, 0.1) is 24.7 Å². The Hall–Kier alpha value is -2.08. The fourth-order valence-corrected chi connectivity index (χ4v) is 3.49. The molecule has 0 heteroatoms. The van der Waals surface area contributed by atoms with E-state index in [9.17, 15) is 0 Å². The van der Waals surface area contributed by atoms with Crippen LogP contribution in [0.4, 0.5) is 0 Å². The summed E-state index contributed by atoms with van der Waals surface area (Å²) < 4.78 is 0. The molecule has 0 saturated heterocycles. The molecule has 0 aromatic heterocycles. The Balaban J connectivity index is 2.52. The highest BCUT2D eigenvalue weighted by Gasteiger charge is 2.23. The first-order valence-corrected chi connectivity index (χ1v) is 9.48. The normalized spacial score (nSPS) is 22.5. The minimum Gasteiger partial charge on any atom is -0.0988 e. The van der Waals surface area contributed by atoms with Crippen LogP contribution >= 0.6 is 0 Å². The third kappa shape index (κ3) is 4.51. The molecule has 0 aliphatic heterocycles. The van der Waals surface area contributed by atoms with Crippen molar-refractivity contribution in [3.05, 3.63) is 89.6 Å². The van der Waals surface area contributed by atoms with E-state index < -0.39 is 0 Å². The molecule has 2 rings (SSSR count). The molecule has 0 nitrogen and oxygen atoms in total. The first-order chi connectivity index (χ1) is 12.0. The minimum absolute atomic E-state index is 0.388. The van der Waals surface area contributed by atoms with Crippen LogP contribution in [0.2, 0.25) is 0 Å². The average molecular weight is 333 g/mol. The van der Waals surface area contributed by atoms with Gasteiger partial charge in [-0.3, -0.25) is 0 Å². The molecule has 1 aliphatic carbocycles. The summed E-state index contributed by atoms with van der Waals surface area (Å²) in [5.41, 5.74) is 6.70. The van der Waals surface area contributed by atoms with Crippen molar-refractivity contribution in [2.24, 2.45) is 17.8 Å². The van der Waals surface area contributed by atoms with Crippen LogP contribution in [0.3, 0.4) is 0 Å². The van der Waals surface area contributed by atoms with Crippen LogP contribution in [0.5, 0.6) is 0 Å². The van der Waals surface area contributed by atoms with E-state index in [1.165, 1.54) is 27.8 Å². The monoisotopic (exact) mass is 332 g/mol. The van der Waals surface area contributed by atoms with Crippen molar-refractivity contribution in [3.8, 4) is 0 Å². The molecule has 0 heterocycles. The van der Waals surface area contributed by atoms with E-state index in [2.05, 4.69) is 102 Å². The summed E-state index contributed by atoms with van der Waals surface area (Å²) in [6.07, 6.45) is 14.7. The molecular weight excluding hydrogens is 300 g/mol. The third-order valence-corrected chi connectivity index (χ3v) is 5.29. The minimum atomic E-state index is 0.388. The molecule has 0 spiro atoms. The van der Waals surface area contributed by atoms with Gasteiger partial charge < -0.3 is 0 Å². The summed E-state index contributed by atoms with van der Waals surface area (Å²) in [6, 6.07) is 8.82. The molecule has 0 bridgehead atoms. The summed E-state index contributed by atoms with van der Waals surface area (Å²) >= 11 is 0. The Morgan fingerprint density at radius 2 is 1.92 bits per heavy atom.